The largest absolute Gasteiger partial charge is 0.353 e. The molecule has 1 aromatic heterocycles. The summed E-state index contributed by atoms with van der Waals surface area (Å²) in [5, 5.41) is 3.59. The highest BCUT2D eigenvalue weighted by Gasteiger charge is 2.16. The maximum absolute atomic E-state index is 4.47. The van der Waals surface area contributed by atoms with E-state index in [0.29, 0.717) is 6.04 Å². The van der Waals surface area contributed by atoms with Crippen molar-refractivity contribution >= 4 is 37.8 Å². The predicted octanol–water partition coefficient (Wildman–Crippen LogP) is 5.14. The topological polar surface area (TPSA) is 29.9 Å². The Kier molecular flexibility index (Phi) is 4.46. The van der Waals surface area contributed by atoms with Crippen LogP contribution < -0.4 is 5.32 Å². The monoisotopic (exact) mass is 397 g/mol. The number of imidazole rings is 1. The Labute approximate surface area is 136 Å². The zero-order valence-corrected chi connectivity index (χ0v) is 14.3. The molecule has 0 saturated heterocycles. The molecule has 1 aromatic carbocycles. The lowest BCUT2D eigenvalue weighted by Crippen LogP contribution is -2.24. The minimum atomic E-state index is 0.555. The SMILES string of the molecule is Brc1ccc(-n2ccnc2NC2CCCCC2)c(Br)c1. The van der Waals surface area contributed by atoms with Gasteiger partial charge in [-0.3, -0.25) is 4.57 Å². The number of benzene rings is 1. The van der Waals surface area contributed by atoms with Crippen molar-refractivity contribution in [2.75, 3.05) is 5.32 Å². The number of hydrogen-bond acceptors (Lipinski definition) is 2. The van der Waals surface area contributed by atoms with E-state index in [4.69, 9.17) is 0 Å². The van der Waals surface area contributed by atoms with Crippen LogP contribution in [0.4, 0.5) is 5.95 Å². The molecule has 0 amide bonds. The van der Waals surface area contributed by atoms with Crippen molar-refractivity contribution < 1.29 is 0 Å². The first kappa shape index (κ1) is 14.1. The van der Waals surface area contributed by atoms with Crippen LogP contribution >= 0.6 is 31.9 Å². The van der Waals surface area contributed by atoms with Gasteiger partial charge in [0.05, 0.1) is 5.69 Å². The van der Waals surface area contributed by atoms with Crippen LogP contribution in [0.5, 0.6) is 0 Å². The number of rotatable bonds is 3. The van der Waals surface area contributed by atoms with Gasteiger partial charge in [-0.1, -0.05) is 35.2 Å². The third-order valence-corrected chi connectivity index (χ3v) is 4.88. The van der Waals surface area contributed by atoms with Gasteiger partial charge in [-0.2, -0.15) is 0 Å². The highest BCUT2D eigenvalue weighted by molar-refractivity contribution is 9.11. The molecule has 0 aliphatic heterocycles. The molecule has 2 aromatic rings. The molecule has 3 nitrogen and oxygen atoms in total. The fourth-order valence-electron chi connectivity index (χ4n) is 2.71. The summed E-state index contributed by atoms with van der Waals surface area (Å²) in [6.07, 6.45) is 10.3. The smallest absolute Gasteiger partial charge is 0.207 e. The van der Waals surface area contributed by atoms with Gasteiger partial charge in [-0.05, 0) is 47.0 Å². The first-order valence-corrected chi connectivity index (χ1v) is 8.58. The maximum Gasteiger partial charge on any atom is 0.207 e. The molecule has 20 heavy (non-hydrogen) atoms. The fourth-order valence-corrected chi connectivity index (χ4v) is 3.95. The molecule has 1 heterocycles. The molecule has 0 unspecified atom stereocenters. The molecule has 1 aliphatic rings. The zero-order chi connectivity index (χ0) is 13.9. The van der Waals surface area contributed by atoms with Crippen LogP contribution in [-0.2, 0) is 0 Å². The second-order valence-corrected chi connectivity index (χ2v) is 6.97. The molecule has 0 spiro atoms. The van der Waals surface area contributed by atoms with E-state index in [9.17, 15) is 0 Å². The molecule has 0 radical (unpaired) electrons. The standard InChI is InChI=1S/C15H17Br2N3/c16-11-6-7-14(13(17)10-11)20-9-8-18-15(20)19-12-4-2-1-3-5-12/h6-10,12H,1-5H2,(H,18,19). The molecular formula is C15H17Br2N3. The van der Waals surface area contributed by atoms with Gasteiger partial charge in [0.1, 0.15) is 0 Å². The lowest BCUT2D eigenvalue weighted by atomic mass is 9.96. The van der Waals surface area contributed by atoms with Crippen LogP contribution in [0.3, 0.4) is 0 Å². The van der Waals surface area contributed by atoms with E-state index in [0.717, 1.165) is 20.6 Å². The summed E-state index contributed by atoms with van der Waals surface area (Å²) >= 11 is 7.11. The number of anilines is 1. The van der Waals surface area contributed by atoms with Crippen molar-refractivity contribution in [2.24, 2.45) is 0 Å². The Hall–Kier alpha value is -0.810. The molecular weight excluding hydrogens is 382 g/mol. The second kappa shape index (κ2) is 6.31. The summed E-state index contributed by atoms with van der Waals surface area (Å²) in [7, 11) is 0. The summed E-state index contributed by atoms with van der Waals surface area (Å²) in [6.45, 7) is 0. The van der Waals surface area contributed by atoms with E-state index >= 15 is 0 Å². The minimum absolute atomic E-state index is 0.555. The van der Waals surface area contributed by atoms with Crippen molar-refractivity contribution in [1.29, 1.82) is 0 Å². The zero-order valence-electron chi connectivity index (χ0n) is 11.1. The average molecular weight is 399 g/mol. The Balaban J connectivity index is 1.85. The Bertz CT molecular complexity index is 589. The van der Waals surface area contributed by atoms with Crippen molar-refractivity contribution in [3.63, 3.8) is 0 Å². The molecule has 1 N–H and O–H groups in total. The highest BCUT2D eigenvalue weighted by Crippen LogP contribution is 2.28. The molecule has 1 fully saturated rings. The van der Waals surface area contributed by atoms with Crippen LogP contribution in [0.15, 0.2) is 39.5 Å². The number of nitrogens with zero attached hydrogens (tertiary/aromatic N) is 2. The van der Waals surface area contributed by atoms with E-state index in [1.807, 2.05) is 18.5 Å². The van der Waals surface area contributed by atoms with Gasteiger partial charge >= 0.3 is 0 Å². The summed E-state index contributed by atoms with van der Waals surface area (Å²) in [4.78, 5) is 4.47. The lowest BCUT2D eigenvalue weighted by molar-refractivity contribution is 0.460. The van der Waals surface area contributed by atoms with Gasteiger partial charge in [0.25, 0.3) is 0 Å². The summed E-state index contributed by atoms with van der Waals surface area (Å²) in [5.41, 5.74) is 1.10. The van der Waals surface area contributed by atoms with Gasteiger partial charge in [-0.15, -0.1) is 0 Å². The molecule has 0 atom stereocenters. The molecule has 106 valence electrons. The van der Waals surface area contributed by atoms with Crippen LogP contribution in [0.2, 0.25) is 0 Å². The predicted molar refractivity (Wildman–Crippen MR) is 89.5 cm³/mol. The van der Waals surface area contributed by atoms with Gasteiger partial charge in [0.15, 0.2) is 0 Å². The van der Waals surface area contributed by atoms with Gasteiger partial charge in [0.2, 0.25) is 5.95 Å². The van der Waals surface area contributed by atoms with Crippen molar-refractivity contribution in [3.05, 3.63) is 39.5 Å². The summed E-state index contributed by atoms with van der Waals surface area (Å²) in [5.74, 6) is 0.930. The first-order chi connectivity index (χ1) is 9.74. The van der Waals surface area contributed by atoms with Crippen LogP contribution in [0.1, 0.15) is 32.1 Å². The Morgan fingerprint density at radius 2 is 1.95 bits per heavy atom. The Morgan fingerprint density at radius 3 is 2.70 bits per heavy atom. The number of nitrogens with one attached hydrogen (secondary N) is 1. The normalized spacial score (nSPS) is 16.3. The summed E-state index contributed by atoms with van der Waals surface area (Å²) in [6, 6.07) is 6.74. The molecule has 5 heteroatoms. The van der Waals surface area contributed by atoms with Gasteiger partial charge < -0.3 is 5.32 Å². The van der Waals surface area contributed by atoms with Gasteiger partial charge in [-0.25, -0.2) is 4.98 Å². The quantitative estimate of drug-likeness (QED) is 0.775. The first-order valence-electron chi connectivity index (χ1n) is 6.99. The van der Waals surface area contributed by atoms with Crippen molar-refractivity contribution in [2.45, 2.75) is 38.1 Å². The molecule has 1 aliphatic carbocycles. The van der Waals surface area contributed by atoms with E-state index < -0.39 is 0 Å². The Morgan fingerprint density at radius 1 is 1.15 bits per heavy atom. The van der Waals surface area contributed by atoms with E-state index in [1.54, 1.807) is 0 Å². The van der Waals surface area contributed by atoms with Crippen LogP contribution in [0, 0.1) is 0 Å². The lowest BCUT2D eigenvalue weighted by Gasteiger charge is -2.23. The van der Waals surface area contributed by atoms with Crippen molar-refractivity contribution in [1.82, 2.24) is 9.55 Å². The van der Waals surface area contributed by atoms with Crippen LogP contribution in [0.25, 0.3) is 5.69 Å². The highest BCUT2D eigenvalue weighted by atomic mass is 79.9. The van der Waals surface area contributed by atoms with E-state index in [2.05, 4.69) is 58.9 Å². The van der Waals surface area contributed by atoms with E-state index in [-0.39, 0.29) is 0 Å². The fraction of sp³-hybridized carbons (Fsp3) is 0.400. The number of hydrogen-bond donors (Lipinski definition) is 1. The van der Waals surface area contributed by atoms with Gasteiger partial charge in [0, 0.05) is 27.4 Å². The maximum atomic E-state index is 4.47. The average Bonchev–Trinajstić information content (AvgIpc) is 2.88. The van der Waals surface area contributed by atoms with Crippen LogP contribution in [-0.4, -0.2) is 15.6 Å². The molecule has 0 bridgehead atoms. The minimum Gasteiger partial charge on any atom is -0.353 e. The second-order valence-electron chi connectivity index (χ2n) is 5.20. The molecule has 3 rings (SSSR count). The van der Waals surface area contributed by atoms with E-state index in [1.165, 1.54) is 32.1 Å². The summed E-state index contributed by atoms with van der Waals surface area (Å²) < 4.78 is 4.22. The third-order valence-electron chi connectivity index (χ3n) is 3.75. The molecule has 1 saturated carbocycles. The third kappa shape index (κ3) is 3.09. The van der Waals surface area contributed by atoms with Crippen molar-refractivity contribution in [3.8, 4) is 5.69 Å². The number of aromatic nitrogens is 2. The number of halogens is 2.